The zero-order valence-electron chi connectivity index (χ0n) is 12.8. The number of furan rings is 1. The standard InChI is InChI=1S/C16H26N2O2/c1-4-9-17-14-8-10-18(11-12(14)3)16(19)15-7-6-13(5-2)20-15/h6-7,12,14,17H,4-5,8-11H2,1-3H3. The van der Waals surface area contributed by atoms with Crippen molar-refractivity contribution in [2.45, 2.75) is 46.1 Å². The molecule has 2 atom stereocenters. The number of nitrogens with zero attached hydrogens (tertiary/aromatic N) is 1. The van der Waals surface area contributed by atoms with Gasteiger partial charge in [-0.25, -0.2) is 0 Å². The van der Waals surface area contributed by atoms with Crippen molar-refractivity contribution < 1.29 is 9.21 Å². The summed E-state index contributed by atoms with van der Waals surface area (Å²) in [7, 11) is 0. The Morgan fingerprint density at radius 3 is 2.85 bits per heavy atom. The lowest BCUT2D eigenvalue weighted by atomic mass is 9.93. The van der Waals surface area contributed by atoms with E-state index in [9.17, 15) is 4.79 Å². The molecule has 1 aliphatic heterocycles. The van der Waals surface area contributed by atoms with Crippen molar-refractivity contribution in [1.29, 1.82) is 0 Å². The summed E-state index contributed by atoms with van der Waals surface area (Å²) in [5.41, 5.74) is 0. The molecule has 0 aromatic carbocycles. The molecule has 1 aromatic heterocycles. The van der Waals surface area contributed by atoms with Crippen molar-refractivity contribution >= 4 is 5.91 Å². The second-order valence-electron chi connectivity index (χ2n) is 5.70. The first-order valence-corrected chi connectivity index (χ1v) is 7.77. The van der Waals surface area contributed by atoms with E-state index >= 15 is 0 Å². The first-order chi connectivity index (χ1) is 9.65. The van der Waals surface area contributed by atoms with Gasteiger partial charge in [0.15, 0.2) is 5.76 Å². The van der Waals surface area contributed by atoms with Gasteiger partial charge in [-0.2, -0.15) is 0 Å². The highest BCUT2D eigenvalue weighted by Crippen LogP contribution is 2.20. The number of hydrogen-bond donors (Lipinski definition) is 1. The lowest BCUT2D eigenvalue weighted by Gasteiger charge is -2.37. The maximum absolute atomic E-state index is 12.4. The van der Waals surface area contributed by atoms with Crippen LogP contribution in [0.15, 0.2) is 16.5 Å². The number of rotatable bonds is 5. The second-order valence-corrected chi connectivity index (χ2v) is 5.70. The fourth-order valence-electron chi connectivity index (χ4n) is 2.80. The summed E-state index contributed by atoms with van der Waals surface area (Å²) in [6.07, 6.45) is 3.00. The second kappa shape index (κ2) is 6.93. The number of nitrogens with one attached hydrogen (secondary N) is 1. The van der Waals surface area contributed by atoms with Gasteiger partial charge in [0.2, 0.25) is 0 Å². The fraction of sp³-hybridized carbons (Fsp3) is 0.688. The smallest absolute Gasteiger partial charge is 0.289 e. The Kier molecular flexibility index (Phi) is 5.24. The zero-order valence-corrected chi connectivity index (χ0v) is 12.8. The van der Waals surface area contributed by atoms with Crippen LogP contribution in [0.1, 0.15) is 49.9 Å². The SMILES string of the molecule is CCCNC1CCN(C(=O)c2ccc(CC)o2)CC1C. The molecule has 1 N–H and O–H groups in total. The Balaban J connectivity index is 1.93. The minimum absolute atomic E-state index is 0.0329. The van der Waals surface area contributed by atoms with E-state index < -0.39 is 0 Å². The van der Waals surface area contributed by atoms with Crippen LogP contribution in [0.5, 0.6) is 0 Å². The van der Waals surface area contributed by atoms with Crippen molar-refractivity contribution in [3.63, 3.8) is 0 Å². The minimum atomic E-state index is 0.0329. The third kappa shape index (κ3) is 3.42. The summed E-state index contributed by atoms with van der Waals surface area (Å²) in [6.45, 7) is 9.10. The predicted molar refractivity (Wildman–Crippen MR) is 79.9 cm³/mol. The van der Waals surface area contributed by atoms with Gasteiger partial charge in [-0.15, -0.1) is 0 Å². The molecule has 20 heavy (non-hydrogen) atoms. The van der Waals surface area contributed by atoms with E-state index in [2.05, 4.69) is 19.2 Å². The van der Waals surface area contributed by atoms with Gasteiger partial charge in [-0.1, -0.05) is 20.8 Å². The number of likely N-dealkylation sites (tertiary alicyclic amines) is 1. The molecule has 1 fully saturated rings. The highest BCUT2D eigenvalue weighted by atomic mass is 16.4. The van der Waals surface area contributed by atoms with Crippen LogP contribution >= 0.6 is 0 Å². The van der Waals surface area contributed by atoms with Crippen molar-refractivity contribution in [3.8, 4) is 0 Å². The van der Waals surface area contributed by atoms with E-state index in [0.29, 0.717) is 17.7 Å². The Bertz CT molecular complexity index is 441. The zero-order chi connectivity index (χ0) is 14.5. The topological polar surface area (TPSA) is 45.5 Å². The van der Waals surface area contributed by atoms with Gasteiger partial charge in [0.05, 0.1) is 0 Å². The minimum Gasteiger partial charge on any atom is -0.456 e. The van der Waals surface area contributed by atoms with Gasteiger partial charge in [-0.3, -0.25) is 4.79 Å². The summed E-state index contributed by atoms with van der Waals surface area (Å²) in [4.78, 5) is 14.3. The van der Waals surface area contributed by atoms with Gasteiger partial charge in [0.25, 0.3) is 5.91 Å². The Morgan fingerprint density at radius 1 is 1.45 bits per heavy atom. The maximum Gasteiger partial charge on any atom is 0.289 e. The monoisotopic (exact) mass is 278 g/mol. The summed E-state index contributed by atoms with van der Waals surface area (Å²) in [5.74, 6) is 1.88. The molecular formula is C16H26N2O2. The molecule has 0 saturated carbocycles. The van der Waals surface area contributed by atoms with Crippen LogP contribution in [-0.2, 0) is 6.42 Å². The molecule has 112 valence electrons. The van der Waals surface area contributed by atoms with E-state index in [-0.39, 0.29) is 5.91 Å². The van der Waals surface area contributed by atoms with E-state index in [1.54, 1.807) is 6.07 Å². The van der Waals surface area contributed by atoms with Crippen molar-refractivity contribution in [2.24, 2.45) is 5.92 Å². The van der Waals surface area contributed by atoms with E-state index in [1.807, 2.05) is 17.9 Å². The molecule has 1 aliphatic rings. The molecule has 2 rings (SSSR count). The third-order valence-corrected chi connectivity index (χ3v) is 4.07. The highest BCUT2D eigenvalue weighted by molar-refractivity contribution is 5.91. The van der Waals surface area contributed by atoms with Crippen LogP contribution in [-0.4, -0.2) is 36.5 Å². The van der Waals surface area contributed by atoms with Crippen LogP contribution in [0.4, 0.5) is 0 Å². The van der Waals surface area contributed by atoms with Crippen molar-refractivity contribution in [1.82, 2.24) is 10.2 Å². The largest absolute Gasteiger partial charge is 0.456 e. The molecule has 0 radical (unpaired) electrons. The number of aryl methyl sites for hydroxylation is 1. The van der Waals surface area contributed by atoms with Crippen LogP contribution < -0.4 is 5.32 Å². The number of hydrogen-bond acceptors (Lipinski definition) is 3. The first kappa shape index (κ1) is 15.1. The number of amides is 1. The van der Waals surface area contributed by atoms with Crippen LogP contribution in [0.2, 0.25) is 0 Å². The van der Waals surface area contributed by atoms with Crippen LogP contribution in [0, 0.1) is 5.92 Å². The number of carbonyl (C=O) groups excluding carboxylic acids is 1. The molecule has 1 saturated heterocycles. The Labute approximate surface area is 121 Å². The average Bonchev–Trinajstić information content (AvgIpc) is 2.94. The van der Waals surface area contributed by atoms with Gasteiger partial charge in [-0.05, 0) is 37.4 Å². The predicted octanol–water partition coefficient (Wildman–Crippen LogP) is 2.69. The Hall–Kier alpha value is -1.29. The lowest BCUT2D eigenvalue weighted by molar-refractivity contribution is 0.0612. The highest BCUT2D eigenvalue weighted by Gasteiger charge is 2.29. The van der Waals surface area contributed by atoms with E-state index in [4.69, 9.17) is 4.42 Å². The van der Waals surface area contributed by atoms with Crippen molar-refractivity contribution in [2.75, 3.05) is 19.6 Å². The van der Waals surface area contributed by atoms with Gasteiger partial charge < -0.3 is 14.6 Å². The van der Waals surface area contributed by atoms with Crippen LogP contribution in [0.25, 0.3) is 0 Å². The summed E-state index contributed by atoms with van der Waals surface area (Å²) in [6, 6.07) is 4.22. The van der Waals surface area contributed by atoms with Gasteiger partial charge >= 0.3 is 0 Å². The van der Waals surface area contributed by atoms with E-state index in [1.165, 1.54) is 0 Å². The normalized spacial score (nSPS) is 23.1. The fourth-order valence-corrected chi connectivity index (χ4v) is 2.80. The molecule has 4 heteroatoms. The van der Waals surface area contributed by atoms with Crippen molar-refractivity contribution in [3.05, 3.63) is 23.7 Å². The molecular weight excluding hydrogens is 252 g/mol. The molecule has 2 heterocycles. The molecule has 1 aromatic rings. The molecule has 1 amide bonds. The van der Waals surface area contributed by atoms with Gasteiger partial charge in [0, 0.05) is 25.6 Å². The summed E-state index contributed by atoms with van der Waals surface area (Å²) >= 11 is 0. The quantitative estimate of drug-likeness (QED) is 0.900. The summed E-state index contributed by atoms with van der Waals surface area (Å²) < 4.78 is 5.57. The summed E-state index contributed by atoms with van der Waals surface area (Å²) in [5, 5.41) is 3.57. The van der Waals surface area contributed by atoms with E-state index in [0.717, 1.165) is 44.7 Å². The number of piperidine rings is 1. The first-order valence-electron chi connectivity index (χ1n) is 7.77. The molecule has 0 spiro atoms. The molecule has 0 aliphatic carbocycles. The maximum atomic E-state index is 12.4. The third-order valence-electron chi connectivity index (χ3n) is 4.07. The molecule has 2 unspecified atom stereocenters. The number of carbonyl (C=O) groups is 1. The molecule has 4 nitrogen and oxygen atoms in total. The molecule has 0 bridgehead atoms. The lowest BCUT2D eigenvalue weighted by Crippen LogP contribution is -2.50. The van der Waals surface area contributed by atoms with Crippen LogP contribution in [0.3, 0.4) is 0 Å². The Morgan fingerprint density at radius 2 is 2.25 bits per heavy atom. The average molecular weight is 278 g/mol. The van der Waals surface area contributed by atoms with Gasteiger partial charge in [0.1, 0.15) is 5.76 Å².